The normalized spacial score (nSPS) is 11.1. The highest BCUT2D eigenvalue weighted by molar-refractivity contribution is 7.90. The van der Waals surface area contributed by atoms with Gasteiger partial charge in [0.2, 0.25) is 0 Å². The van der Waals surface area contributed by atoms with Crippen molar-refractivity contribution >= 4 is 16.1 Å². The van der Waals surface area contributed by atoms with Crippen molar-refractivity contribution in [1.82, 2.24) is 0 Å². The predicted molar refractivity (Wildman–Crippen MR) is 61.7 cm³/mol. The summed E-state index contributed by atoms with van der Waals surface area (Å²) in [5.41, 5.74) is 0.474. The molecule has 0 N–H and O–H groups in total. The van der Waals surface area contributed by atoms with E-state index in [1.54, 1.807) is 24.3 Å². The van der Waals surface area contributed by atoms with E-state index in [1.807, 2.05) is 0 Å². The third-order valence-corrected chi connectivity index (χ3v) is 2.99. The summed E-state index contributed by atoms with van der Waals surface area (Å²) in [6.07, 6.45) is 2.32. The van der Waals surface area contributed by atoms with Crippen molar-refractivity contribution in [3.63, 3.8) is 0 Å². The highest BCUT2D eigenvalue weighted by Gasteiger charge is 2.04. The number of carbonyl (C=O) groups excluding carboxylic acids is 1. The first-order valence-electron chi connectivity index (χ1n) is 4.87. The van der Waals surface area contributed by atoms with Crippen molar-refractivity contribution < 1.29 is 17.9 Å². The zero-order valence-corrected chi connectivity index (χ0v) is 9.87. The third-order valence-electron chi connectivity index (χ3n) is 1.96. The van der Waals surface area contributed by atoms with Crippen LogP contribution < -0.4 is 4.74 Å². The molecule has 0 bridgehead atoms. The molecular formula is C11H14O4S. The molecule has 0 radical (unpaired) electrons. The van der Waals surface area contributed by atoms with E-state index < -0.39 is 9.84 Å². The molecule has 0 unspecified atom stereocenters. The van der Waals surface area contributed by atoms with Crippen LogP contribution in [0.15, 0.2) is 24.3 Å². The minimum Gasteiger partial charge on any atom is -0.493 e. The van der Waals surface area contributed by atoms with E-state index in [4.69, 9.17) is 4.74 Å². The van der Waals surface area contributed by atoms with Gasteiger partial charge in [-0.15, -0.1) is 0 Å². The van der Waals surface area contributed by atoms with E-state index in [2.05, 4.69) is 0 Å². The quantitative estimate of drug-likeness (QED) is 0.557. The van der Waals surface area contributed by atoms with Gasteiger partial charge in [-0.25, -0.2) is 8.42 Å². The van der Waals surface area contributed by atoms with E-state index >= 15 is 0 Å². The smallest absolute Gasteiger partial charge is 0.153 e. The fourth-order valence-corrected chi connectivity index (χ4v) is 1.85. The Hall–Kier alpha value is -1.36. The Bertz CT molecular complexity index is 451. The van der Waals surface area contributed by atoms with Crippen LogP contribution in [0.4, 0.5) is 0 Å². The van der Waals surface area contributed by atoms with Crippen molar-refractivity contribution in [1.29, 1.82) is 0 Å². The van der Waals surface area contributed by atoms with Gasteiger partial charge in [0.25, 0.3) is 0 Å². The average molecular weight is 242 g/mol. The lowest BCUT2D eigenvalue weighted by Gasteiger charge is -2.07. The van der Waals surface area contributed by atoms with Gasteiger partial charge >= 0.3 is 0 Å². The van der Waals surface area contributed by atoms with Crippen LogP contribution in [0.25, 0.3) is 0 Å². The van der Waals surface area contributed by atoms with Gasteiger partial charge in [0.05, 0.1) is 17.9 Å². The monoisotopic (exact) mass is 242 g/mol. The van der Waals surface area contributed by atoms with E-state index in [0.29, 0.717) is 24.0 Å². The van der Waals surface area contributed by atoms with Gasteiger partial charge in [0, 0.05) is 6.26 Å². The molecule has 0 heterocycles. The molecule has 0 aliphatic heterocycles. The predicted octanol–water partition coefficient (Wildman–Crippen LogP) is 1.31. The average Bonchev–Trinajstić information content (AvgIpc) is 2.23. The van der Waals surface area contributed by atoms with E-state index in [-0.39, 0.29) is 12.4 Å². The van der Waals surface area contributed by atoms with Crippen molar-refractivity contribution in [2.75, 3.05) is 18.6 Å². The van der Waals surface area contributed by atoms with Crippen molar-refractivity contribution in [3.8, 4) is 5.75 Å². The number of sulfone groups is 1. The molecule has 0 aliphatic carbocycles. The fourth-order valence-electron chi connectivity index (χ4n) is 1.21. The van der Waals surface area contributed by atoms with Gasteiger partial charge in [-0.2, -0.15) is 0 Å². The van der Waals surface area contributed by atoms with Crippen LogP contribution in [0.1, 0.15) is 16.8 Å². The number of aldehydes is 1. The second kappa shape index (κ2) is 5.65. The lowest BCUT2D eigenvalue weighted by molar-refractivity contribution is 0.111. The molecule has 16 heavy (non-hydrogen) atoms. The summed E-state index contributed by atoms with van der Waals surface area (Å²) in [4.78, 5) is 10.6. The summed E-state index contributed by atoms with van der Waals surface area (Å²) >= 11 is 0. The maximum Gasteiger partial charge on any atom is 0.153 e. The summed E-state index contributed by atoms with van der Waals surface area (Å²) in [5, 5.41) is 0. The summed E-state index contributed by atoms with van der Waals surface area (Å²) in [6.45, 7) is 0.290. The first-order valence-corrected chi connectivity index (χ1v) is 6.94. The van der Waals surface area contributed by atoms with Crippen LogP contribution >= 0.6 is 0 Å². The molecule has 1 rings (SSSR count). The Morgan fingerprint density at radius 2 is 2.00 bits per heavy atom. The lowest BCUT2D eigenvalue weighted by atomic mass is 10.2. The highest BCUT2D eigenvalue weighted by Crippen LogP contribution is 2.15. The topological polar surface area (TPSA) is 60.4 Å². The fraction of sp³-hybridized carbons (Fsp3) is 0.364. The van der Waals surface area contributed by atoms with Crippen molar-refractivity contribution in [2.45, 2.75) is 6.42 Å². The van der Waals surface area contributed by atoms with E-state index in [1.165, 1.54) is 6.26 Å². The first-order chi connectivity index (χ1) is 7.53. The third kappa shape index (κ3) is 4.44. The molecule has 1 aromatic rings. The van der Waals surface area contributed by atoms with Crippen LogP contribution in [0.3, 0.4) is 0 Å². The molecule has 0 spiro atoms. The molecule has 88 valence electrons. The molecule has 0 saturated heterocycles. The van der Waals surface area contributed by atoms with Gasteiger partial charge in [-0.1, -0.05) is 12.1 Å². The highest BCUT2D eigenvalue weighted by atomic mass is 32.2. The van der Waals surface area contributed by atoms with Gasteiger partial charge in [0.1, 0.15) is 15.6 Å². The lowest BCUT2D eigenvalue weighted by Crippen LogP contribution is -2.08. The Balaban J connectivity index is 2.46. The minimum absolute atomic E-state index is 0.0935. The first kappa shape index (κ1) is 12.7. The molecule has 1 aromatic carbocycles. The molecule has 0 amide bonds. The molecule has 0 aliphatic rings. The van der Waals surface area contributed by atoms with Gasteiger partial charge in [-0.05, 0) is 18.6 Å². The summed E-state index contributed by atoms with van der Waals surface area (Å²) in [6, 6.07) is 6.84. The molecule has 0 saturated carbocycles. The van der Waals surface area contributed by atoms with Gasteiger partial charge in [0.15, 0.2) is 6.29 Å². The molecule has 0 aromatic heterocycles. The summed E-state index contributed by atoms with van der Waals surface area (Å²) in [5.74, 6) is 0.585. The number of rotatable bonds is 6. The maximum absolute atomic E-state index is 10.9. The van der Waals surface area contributed by atoms with Crippen molar-refractivity contribution in [3.05, 3.63) is 29.8 Å². The number of para-hydroxylation sites is 1. The molecule has 4 nitrogen and oxygen atoms in total. The van der Waals surface area contributed by atoms with Crippen LogP contribution in [0, 0.1) is 0 Å². The van der Waals surface area contributed by atoms with Crippen LogP contribution in [0.2, 0.25) is 0 Å². The molecular weight excluding hydrogens is 228 g/mol. The number of ether oxygens (including phenoxy) is 1. The SMILES string of the molecule is CS(=O)(=O)CCCOc1ccccc1C=O. The Morgan fingerprint density at radius 3 is 2.62 bits per heavy atom. The Kier molecular flexibility index (Phi) is 4.49. The summed E-state index contributed by atoms with van der Waals surface area (Å²) in [7, 11) is -2.94. The zero-order valence-electron chi connectivity index (χ0n) is 9.05. The maximum atomic E-state index is 10.9. The van der Waals surface area contributed by atoms with Crippen LogP contribution in [-0.4, -0.2) is 33.3 Å². The minimum atomic E-state index is -2.94. The van der Waals surface area contributed by atoms with E-state index in [9.17, 15) is 13.2 Å². The number of hydrogen-bond donors (Lipinski definition) is 0. The second-order valence-electron chi connectivity index (χ2n) is 3.49. The Morgan fingerprint density at radius 1 is 1.31 bits per heavy atom. The van der Waals surface area contributed by atoms with Crippen LogP contribution in [0.5, 0.6) is 5.75 Å². The number of carbonyl (C=O) groups is 1. The van der Waals surface area contributed by atoms with Gasteiger partial charge < -0.3 is 4.74 Å². The largest absolute Gasteiger partial charge is 0.493 e. The number of benzene rings is 1. The van der Waals surface area contributed by atoms with E-state index in [0.717, 1.165) is 0 Å². The standard InChI is InChI=1S/C11H14O4S/c1-16(13,14)8-4-7-15-11-6-3-2-5-10(11)9-12/h2-3,5-6,9H,4,7-8H2,1H3. The second-order valence-corrected chi connectivity index (χ2v) is 5.75. The zero-order chi connectivity index (χ0) is 12.0. The Labute approximate surface area is 95.2 Å². The molecule has 5 heteroatoms. The molecule has 0 atom stereocenters. The molecule has 0 fully saturated rings. The summed E-state index contributed by atoms with van der Waals surface area (Å²) < 4.78 is 27.0. The van der Waals surface area contributed by atoms with Gasteiger partial charge in [-0.3, -0.25) is 4.79 Å². The van der Waals surface area contributed by atoms with Crippen LogP contribution in [-0.2, 0) is 9.84 Å². The number of hydrogen-bond acceptors (Lipinski definition) is 4. The van der Waals surface area contributed by atoms with Crippen molar-refractivity contribution in [2.24, 2.45) is 0 Å².